The van der Waals surface area contributed by atoms with Gasteiger partial charge < -0.3 is 10.2 Å². The third-order valence-corrected chi connectivity index (χ3v) is 6.33. The summed E-state index contributed by atoms with van der Waals surface area (Å²) in [6.07, 6.45) is 7.20. The third kappa shape index (κ3) is 3.15. The molecule has 1 aromatic carbocycles. The van der Waals surface area contributed by atoms with E-state index in [2.05, 4.69) is 48.5 Å². The first-order valence-electron chi connectivity index (χ1n) is 8.75. The van der Waals surface area contributed by atoms with Crippen molar-refractivity contribution in [1.29, 1.82) is 0 Å². The van der Waals surface area contributed by atoms with Crippen molar-refractivity contribution < 1.29 is 0 Å². The maximum Gasteiger partial charge on any atom is 0.0970 e. The van der Waals surface area contributed by atoms with Gasteiger partial charge in [0.1, 0.15) is 0 Å². The number of hydrogen-bond acceptors (Lipinski definition) is 4. The van der Waals surface area contributed by atoms with Crippen molar-refractivity contribution in [2.24, 2.45) is 0 Å². The second-order valence-electron chi connectivity index (χ2n) is 7.05. The summed E-state index contributed by atoms with van der Waals surface area (Å²) < 4.78 is 1.33. The van der Waals surface area contributed by atoms with Crippen LogP contribution in [0.1, 0.15) is 49.1 Å². The number of aromatic nitrogens is 1. The summed E-state index contributed by atoms with van der Waals surface area (Å²) in [5, 5.41) is 4.94. The van der Waals surface area contributed by atoms with Crippen LogP contribution in [-0.2, 0) is 0 Å². The zero-order valence-electron chi connectivity index (χ0n) is 14.0. The van der Waals surface area contributed by atoms with E-state index in [1.807, 2.05) is 11.3 Å². The smallest absolute Gasteiger partial charge is 0.0970 e. The number of piperidine rings is 1. The van der Waals surface area contributed by atoms with Gasteiger partial charge in [0.05, 0.1) is 15.2 Å². The normalized spacial score (nSPS) is 23.7. The zero-order valence-corrected chi connectivity index (χ0v) is 14.8. The average molecular weight is 327 g/mol. The lowest BCUT2D eigenvalue weighted by Crippen LogP contribution is -2.29. The highest BCUT2D eigenvalue weighted by molar-refractivity contribution is 7.18. The van der Waals surface area contributed by atoms with Gasteiger partial charge in [-0.3, -0.25) is 0 Å². The molecule has 0 radical (unpaired) electrons. The average Bonchev–Trinajstić information content (AvgIpc) is 2.98. The first kappa shape index (κ1) is 15.2. The van der Waals surface area contributed by atoms with Crippen molar-refractivity contribution in [2.75, 3.05) is 20.1 Å². The molecule has 1 saturated heterocycles. The van der Waals surface area contributed by atoms with Crippen molar-refractivity contribution in [1.82, 2.24) is 15.2 Å². The number of fused-ring (bicyclic) bond motifs is 1. The molecule has 3 heterocycles. The van der Waals surface area contributed by atoms with Gasteiger partial charge in [-0.25, -0.2) is 4.98 Å². The van der Waals surface area contributed by atoms with Crippen molar-refractivity contribution in [3.63, 3.8) is 0 Å². The Kier molecular flexibility index (Phi) is 4.12. The third-order valence-electron chi connectivity index (χ3n) is 5.13. The molecule has 23 heavy (non-hydrogen) atoms. The fourth-order valence-corrected chi connectivity index (χ4v) is 4.74. The summed E-state index contributed by atoms with van der Waals surface area (Å²) in [5.41, 5.74) is 3.73. The Balaban J connectivity index is 1.61. The summed E-state index contributed by atoms with van der Waals surface area (Å²) in [4.78, 5) is 7.40. The number of allylic oxidation sites excluding steroid dienone is 1. The Hall–Kier alpha value is -1.39. The number of thiazole rings is 1. The zero-order chi connectivity index (χ0) is 15.8. The number of hydrogen-bond donors (Lipinski definition) is 1. The highest BCUT2D eigenvalue weighted by atomic mass is 32.1. The van der Waals surface area contributed by atoms with E-state index in [-0.39, 0.29) is 0 Å². The topological polar surface area (TPSA) is 28.2 Å². The van der Waals surface area contributed by atoms with Crippen LogP contribution in [0.3, 0.4) is 0 Å². The maximum atomic E-state index is 4.98. The Labute approximate surface area is 142 Å². The summed E-state index contributed by atoms with van der Waals surface area (Å²) in [5.74, 6) is 0.652. The van der Waals surface area contributed by atoms with Gasteiger partial charge in [0, 0.05) is 17.7 Å². The summed E-state index contributed by atoms with van der Waals surface area (Å²) in [6.45, 7) is 4.65. The molecule has 1 atom stereocenters. The number of rotatable bonds is 2. The standard InChI is InChI=1S/C19H25N3S/c1-13-4-3-5-16(20-13)15-6-7-18-17(12-15)21-19(23-18)14-8-10-22(2)11-9-14/h5-7,12-14,20H,3-4,8-11H2,1-2H3. The molecular formula is C19H25N3S. The summed E-state index contributed by atoms with van der Waals surface area (Å²) in [6, 6.07) is 7.33. The molecule has 0 amide bonds. The molecule has 0 aliphatic carbocycles. The minimum atomic E-state index is 0.566. The van der Waals surface area contributed by atoms with Crippen molar-refractivity contribution in [3.8, 4) is 0 Å². The van der Waals surface area contributed by atoms with Crippen LogP contribution in [-0.4, -0.2) is 36.1 Å². The highest BCUT2D eigenvalue weighted by Gasteiger charge is 2.21. The van der Waals surface area contributed by atoms with Crippen molar-refractivity contribution in [2.45, 2.75) is 44.6 Å². The molecule has 1 fully saturated rings. The fraction of sp³-hybridized carbons (Fsp3) is 0.526. The highest BCUT2D eigenvalue weighted by Crippen LogP contribution is 2.34. The lowest BCUT2D eigenvalue weighted by molar-refractivity contribution is 0.255. The van der Waals surface area contributed by atoms with Crippen LogP contribution in [0.5, 0.6) is 0 Å². The molecule has 2 aliphatic rings. The quantitative estimate of drug-likeness (QED) is 0.895. The Morgan fingerprint density at radius 1 is 1.22 bits per heavy atom. The fourth-order valence-electron chi connectivity index (χ4n) is 3.62. The molecule has 122 valence electrons. The molecule has 1 unspecified atom stereocenters. The molecule has 0 spiro atoms. The molecule has 1 aromatic heterocycles. The predicted molar refractivity (Wildman–Crippen MR) is 98.9 cm³/mol. The monoisotopic (exact) mass is 327 g/mol. The van der Waals surface area contributed by atoms with Gasteiger partial charge >= 0.3 is 0 Å². The van der Waals surface area contributed by atoms with Crippen molar-refractivity contribution in [3.05, 3.63) is 34.8 Å². The second kappa shape index (κ2) is 6.25. The van der Waals surface area contributed by atoms with E-state index in [1.54, 1.807) is 0 Å². The number of benzene rings is 1. The molecular weight excluding hydrogens is 302 g/mol. The van der Waals surface area contributed by atoms with Gasteiger partial charge in [-0.1, -0.05) is 12.1 Å². The molecule has 3 nitrogen and oxygen atoms in total. The van der Waals surface area contributed by atoms with Gasteiger partial charge in [-0.15, -0.1) is 11.3 Å². The van der Waals surface area contributed by atoms with Gasteiger partial charge in [-0.05, 0) is 70.4 Å². The lowest BCUT2D eigenvalue weighted by atomic mass is 9.98. The molecule has 2 aromatic rings. The molecule has 1 N–H and O–H groups in total. The van der Waals surface area contributed by atoms with Crippen LogP contribution in [0.4, 0.5) is 0 Å². The van der Waals surface area contributed by atoms with Crippen molar-refractivity contribution >= 4 is 27.3 Å². The molecule has 0 saturated carbocycles. The second-order valence-corrected chi connectivity index (χ2v) is 8.11. The van der Waals surface area contributed by atoms with E-state index < -0.39 is 0 Å². The van der Waals surface area contributed by atoms with Gasteiger partial charge in [0.15, 0.2) is 0 Å². The van der Waals surface area contributed by atoms with E-state index in [0.29, 0.717) is 12.0 Å². The summed E-state index contributed by atoms with van der Waals surface area (Å²) in [7, 11) is 2.22. The minimum Gasteiger partial charge on any atom is -0.382 e. The van der Waals surface area contributed by atoms with E-state index in [9.17, 15) is 0 Å². The number of nitrogens with one attached hydrogen (secondary N) is 1. The first-order valence-corrected chi connectivity index (χ1v) is 9.57. The van der Waals surface area contributed by atoms with Crippen LogP contribution in [0.25, 0.3) is 15.9 Å². The van der Waals surface area contributed by atoms with E-state index in [1.165, 1.54) is 65.3 Å². The lowest BCUT2D eigenvalue weighted by Gasteiger charge is -2.27. The SMILES string of the molecule is CC1CCC=C(c2ccc3sc(C4CCN(C)CC4)nc3c2)N1. The van der Waals surface area contributed by atoms with Gasteiger partial charge in [0.25, 0.3) is 0 Å². The van der Waals surface area contributed by atoms with Crippen LogP contribution >= 0.6 is 11.3 Å². The van der Waals surface area contributed by atoms with Gasteiger partial charge in [0.2, 0.25) is 0 Å². The van der Waals surface area contributed by atoms with Gasteiger partial charge in [-0.2, -0.15) is 0 Å². The van der Waals surface area contributed by atoms with E-state index in [0.717, 1.165) is 0 Å². The Bertz CT molecular complexity index is 725. The number of likely N-dealkylation sites (tertiary alicyclic amines) is 1. The van der Waals surface area contributed by atoms with Crippen LogP contribution in [0.2, 0.25) is 0 Å². The molecule has 4 rings (SSSR count). The maximum absolute atomic E-state index is 4.98. The van der Waals surface area contributed by atoms with Crippen LogP contribution < -0.4 is 5.32 Å². The largest absolute Gasteiger partial charge is 0.382 e. The minimum absolute atomic E-state index is 0.566. The van der Waals surface area contributed by atoms with E-state index >= 15 is 0 Å². The van der Waals surface area contributed by atoms with Crippen LogP contribution in [0.15, 0.2) is 24.3 Å². The Morgan fingerprint density at radius 3 is 2.83 bits per heavy atom. The molecule has 2 aliphatic heterocycles. The van der Waals surface area contributed by atoms with E-state index in [4.69, 9.17) is 4.98 Å². The predicted octanol–water partition coefficient (Wildman–Crippen LogP) is 4.22. The first-order chi connectivity index (χ1) is 11.2. The summed E-state index contributed by atoms with van der Waals surface area (Å²) >= 11 is 1.89. The van der Waals surface area contributed by atoms with Crippen LogP contribution in [0, 0.1) is 0 Å². The molecule has 4 heteroatoms. The number of nitrogens with zero attached hydrogens (tertiary/aromatic N) is 2. The molecule has 0 bridgehead atoms. The Morgan fingerprint density at radius 2 is 2.04 bits per heavy atom.